The summed E-state index contributed by atoms with van der Waals surface area (Å²) in [6, 6.07) is 16.5. The lowest BCUT2D eigenvalue weighted by Gasteiger charge is -2.35. The normalized spacial score (nSPS) is 20.1. The number of para-hydroxylation sites is 1. The van der Waals surface area contributed by atoms with Gasteiger partial charge in [-0.1, -0.05) is 48.9 Å². The van der Waals surface area contributed by atoms with Crippen LogP contribution < -0.4 is 11.1 Å². The molecular weight excluding hydrogens is 476 g/mol. The first-order valence-electron chi connectivity index (χ1n) is 11.4. The summed E-state index contributed by atoms with van der Waals surface area (Å²) in [6.45, 7) is 0. The van der Waals surface area contributed by atoms with Crippen LogP contribution in [0.1, 0.15) is 36.3 Å². The topological polar surface area (TPSA) is 92.4 Å². The number of nitrogen functional groups attached to an aromatic ring is 1. The number of nitrogens with one attached hydrogen (secondary N) is 1. The SMILES string of the molecule is Nc1ccccc1-c1ccc([C@H]2CCC[C@@H](C(=O)Nc3ccc(C(F)(F)F)cc3F)[C@@H]2C(=O)O)cc1. The number of carbonyl (C=O) groups is 2. The lowest BCUT2D eigenvalue weighted by Crippen LogP contribution is -2.40. The van der Waals surface area contributed by atoms with Crippen molar-refractivity contribution in [3.63, 3.8) is 0 Å². The average molecular weight is 500 g/mol. The molecule has 0 heterocycles. The number of amides is 1. The Bertz CT molecular complexity index is 1270. The van der Waals surface area contributed by atoms with Crippen LogP contribution in [0.2, 0.25) is 0 Å². The number of halogens is 4. The number of nitrogens with two attached hydrogens (primary N) is 1. The van der Waals surface area contributed by atoms with Crippen molar-refractivity contribution in [2.24, 2.45) is 11.8 Å². The van der Waals surface area contributed by atoms with Gasteiger partial charge in [0, 0.05) is 11.3 Å². The molecule has 0 unspecified atom stereocenters. The number of aliphatic carboxylic acids is 1. The average Bonchev–Trinajstić information content (AvgIpc) is 2.84. The highest BCUT2D eigenvalue weighted by atomic mass is 19.4. The lowest BCUT2D eigenvalue weighted by molar-refractivity contribution is -0.148. The van der Waals surface area contributed by atoms with Crippen LogP contribution in [0.25, 0.3) is 11.1 Å². The Hall–Kier alpha value is -3.88. The van der Waals surface area contributed by atoms with Crippen molar-refractivity contribution in [2.45, 2.75) is 31.4 Å². The monoisotopic (exact) mass is 500 g/mol. The van der Waals surface area contributed by atoms with E-state index in [1.54, 1.807) is 6.07 Å². The molecule has 0 aliphatic heterocycles. The zero-order valence-electron chi connectivity index (χ0n) is 19.1. The van der Waals surface area contributed by atoms with Gasteiger partial charge in [-0.15, -0.1) is 0 Å². The number of hydrogen-bond acceptors (Lipinski definition) is 3. The predicted octanol–water partition coefficient (Wildman–Crippen LogP) is 6.32. The van der Waals surface area contributed by atoms with Crippen LogP contribution >= 0.6 is 0 Å². The zero-order valence-corrected chi connectivity index (χ0v) is 19.1. The molecule has 1 saturated carbocycles. The Morgan fingerprint density at radius 2 is 1.67 bits per heavy atom. The maximum absolute atomic E-state index is 14.3. The third-order valence-electron chi connectivity index (χ3n) is 6.68. The van der Waals surface area contributed by atoms with Gasteiger partial charge in [-0.25, -0.2) is 4.39 Å². The lowest BCUT2D eigenvalue weighted by atomic mass is 9.69. The minimum Gasteiger partial charge on any atom is -0.481 e. The molecule has 0 radical (unpaired) electrons. The van der Waals surface area contributed by atoms with E-state index in [0.717, 1.165) is 22.8 Å². The fourth-order valence-electron chi connectivity index (χ4n) is 4.90. The fraction of sp³-hybridized carbons (Fsp3) is 0.259. The van der Waals surface area contributed by atoms with E-state index in [-0.39, 0.29) is 6.42 Å². The summed E-state index contributed by atoms with van der Waals surface area (Å²) in [4.78, 5) is 25.3. The van der Waals surface area contributed by atoms with E-state index in [1.165, 1.54) is 0 Å². The molecule has 1 aliphatic rings. The minimum atomic E-state index is -4.73. The third-order valence-corrected chi connectivity index (χ3v) is 6.68. The van der Waals surface area contributed by atoms with Crippen LogP contribution in [0.15, 0.2) is 66.7 Å². The molecule has 188 valence electrons. The molecule has 0 saturated heterocycles. The summed E-state index contributed by atoms with van der Waals surface area (Å²) in [5.74, 6) is -5.67. The van der Waals surface area contributed by atoms with E-state index in [9.17, 15) is 32.3 Å². The van der Waals surface area contributed by atoms with E-state index in [4.69, 9.17) is 5.73 Å². The predicted molar refractivity (Wildman–Crippen MR) is 128 cm³/mol. The second-order valence-electron chi connectivity index (χ2n) is 8.90. The summed E-state index contributed by atoms with van der Waals surface area (Å²) >= 11 is 0. The summed E-state index contributed by atoms with van der Waals surface area (Å²) in [5.41, 5.74) is 7.51. The molecule has 1 fully saturated rings. The summed E-state index contributed by atoms with van der Waals surface area (Å²) < 4.78 is 52.7. The molecule has 5 nitrogen and oxygen atoms in total. The Morgan fingerprint density at radius 3 is 2.28 bits per heavy atom. The van der Waals surface area contributed by atoms with Crippen LogP contribution in [0.3, 0.4) is 0 Å². The van der Waals surface area contributed by atoms with Crippen LogP contribution in [-0.4, -0.2) is 17.0 Å². The molecule has 4 N–H and O–H groups in total. The number of rotatable bonds is 5. The standard InChI is InChI=1S/C27H24F4N2O3/c28-21-14-17(27(29,30)31)12-13-23(21)33-25(34)20-6-3-5-19(24(20)26(35)36)16-10-8-15(9-11-16)18-4-1-2-7-22(18)32/h1-2,4,7-14,19-20,24H,3,5-6,32H2,(H,33,34)(H,35,36)/t19-,20-,24-/m1/s1. The zero-order chi connectivity index (χ0) is 26.0. The molecular formula is C27H24F4N2O3. The molecule has 1 aliphatic carbocycles. The van der Waals surface area contributed by atoms with Gasteiger partial charge in [0.05, 0.1) is 23.1 Å². The highest BCUT2D eigenvalue weighted by molar-refractivity contribution is 5.95. The molecule has 0 aromatic heterocycles. The quantitative estimate of drug-likeness (QED) is 0.283. The van der Waals surface area contributed by atoms with E-state index in [0.29, 0.717) is 30.7 Å². The Morgan fingerprint density at radius 1 is 0.972 bits per heavy atom. The summed E-state index contributed by atoms with van der Waals surface area (Å²) in [5, 5.41) is 12.3. The van der Waals surface area contributed by atoms with Crippen molar-refractivity contribution in [3.8, 4) is 11.1 Å². The molecule has 3 aromatic carbocycles. The number of alkyl halides is 3. The van der Waals surface area contributed by atoms with Crippen LogP contribution in [0.4, 0.5) is 28.9 Å². The van der Waals surface area contributed by atoms with Gasteiger partial charge < -0.3 is 16.2 Å². The van der Waals surface area contributed by atoms with Gasteiger partial charge in [0.1, 0.15) is 5.82 Å². The second kappa shape index (κ2) is 10.0. The molecule has 9 heteroatoms. The smallest absolute Gasteiger partial charge is 0.416 e. The first kappa shape index (κ1) is 25.2. The highest BCUT2D eigenvalue weighted by Crippen LogP contribution is 2.43. The van der Waals surface area contributed by atoms with Crippen molar-refractivity contribution in [1.29, 1.82) is 0 Å². The van der Waals surface area contributed by atoms with Gasteiger partial charge in [-0.05, 0) is 54.2 Å². The first-order valence-corrected chi connectivity index (χ1v) is 11.4. The fourth-order valence-corrected chi connectivity index (χ4v) is 4.90. The number of anilines is 2. The van der Waals surface area contributed by atoms with E-state index >= 15 is 0 Å². The molecule has 3 aromatic rings. The van der Waals surface area contributed by atoms with Crippen LogP contribution in [0, 0.1) is 17.7 Å². The number of hydrogen-bond donors (Lipinski definition) is 3. The van der Waals surface area contributed by atoms with Crippen LogP contribution in [-0.2, 0) is 15.8 Å². The maximum Gasteiger partial charge on any atom is 0.416 e. The number of carboxylic acid groups (broad SMARTS) is 1. The van der Waals surface area contributed by atoms with Gasteiger partial charge in [0.15, 0.2) is 0 Å². The minimum absolute atomic E-state index is 0.264. The summed E-state index contributed by atoms with van der Waals surface area (Å²) in [7, 11) is 0. The van der Waals surface area contributed by atoms with E-state index in [1.807, 2.05) is 42.5 Å². The first-order chi connectivity index (χ1) is 17.1. The van der Waals surface area contributed by atoms with Crippen molar-refractivity contribution in [2.75, 3.05) is 11.1 Å². The van der Waals surface area contributed by atoms with Crippen molar-refractivity contribution >= 4 is 23.3 Å². The van der Waals surface area contributed by atoms with Crippen molar-refractivity contribution in [3.05, 3.63) is 83.7 Å². The third kappa shape index (κ3) is 5.19. The molecule has 3 atom stereocenters. The highest BCUT2D eigenvalue weighted by Gasteiger charge is 2.43. The molecule has 1 amide bonds. The van der Waals surface area contributed by atoms with Gasteiger partial charge in [-0.3, -0.25) is 9.59 Å². The molecule has 4 rings (SSSR count). The van der Waals surface area contributed by atoms with Gasteiger partial charge >= 0.3 is 12.1 Å². The maximum atomic E-state index is 14.3. The second-order valence-corrected chi connectivity index (χ2v) is 8.90. The number of benzene rings is 3. The molecule has 0 spiro atoms. The molecule has 0 bridgehead atoms. The Labute approximate surface area is 204 Å². The van der Waals surface area contributed by atoms with Crippen molar-refractivity contribution in [1.82, 2.24) is 0 Å². The van der Waals surface area contributed by atoms with E-state index < -0.39 is 52.9 Å². The molecule has 36 heavy (non-hydrogen) atoms. The van der Waals surface area contributed by atoms with Crippen molar-refractivity contribution < 1.29 is 32.3 Å². The largest absolute Gasteiger partial charge is 0.481 e. The summed E-state index contributed by atoms with van der Waals surface area (Å²) in [6.07, 6.45) is -3.35. The number of carbonyl (C=O) groups excluding carboxylic acids is 1. The Balaban J connectivity index is 1.56. The van der Waals surface area contributed by atoms with Crippen LogP contribution in [0.5, 0.6) is 0 Å². The van der Waals surface area contributed by atoms with Gasteiger partial charge in [0.2, 0.25) is 5.91 Å². The van der Waals surface area contributed by atoms with Gasteiger partial charge in [-0.2, -0.15) is 13.2 Å². The number of carboxylic acids is 1. The Kier molecular flexibility index (Phi) is 7.01. The van der Waals surface area contributed by atoms with Gasteiger partial charge in [0.25, 0.3) is 0 Å². The van der Waals surface area contributed by atoms with E-state index in [2.05, 4.69) is 5.32 Å².